The number of hydrogen-bond acceptors (Lipinski definition) is 3. The summed E-state index contributed by atoms with van der Waals surface area (Å²) in [5.41, 5.74) is 2.46. The molecule has 2 bridgehead atoms. The zero-order chi connectivity index (χ0) is 16.7. The summed E-state index contributed by atoms with van der Waals surface area (Å²) in [5.74, 6) is 1.72. The Morgan fingerprint density at radius 1 is 1.12 bits per heavy atom. The van der Waals surface area contributed by atoms with E-state index in [1.165, 1.54) is 26.4 Å². The van der Waals surface area contributed by atoms with Gasteiger partial charge in [0.05, 0.1) is 12.7 Å². The van der Waals surface area contributed by atoms with Gasteiger partial charge in [-0.3, -0.25) is 4.79 Å². The molecule has 1 aromatic carbocycles. The van der Waals surface area contributed by atoms with E-state index in [0.29, 0.717) is 17.4 Å². The fraction of sp³-hybridized carbons (Fsp3) is 0.600. The van der Waals surface area contributed by atoms with Crippen molar-refractivity contribution in [3.63, 3.8) is 0 Å². The lowest BCUT2D eigenvalue weighted by Crippen LogP contribution is -2.29. The maximum Gasteiger partial charge on any atom is 0.337 e. The molecule has 1 amide bonds. The Morgan fingerprint density at radius 2 is 1.92 bits per heavy atom. The minimum absolute atomic E-state index is 0.140. The number of carbonyl (C=O) groups is 2. The topological polar surface area (TPSA) is 46.6 Å². The Morgan fingerprint density at radius 3 is 2.54 bits per heavy atom. The number of methoxy groups -OCH3 is 1. The number of amides is 1. The van der Waals surface area contributed by atoms with E-state index in [9.17, 15) is 9.59 Å². The lowest BCUT2D eigenvalue weighted by Gasteiger charge is -2.26. The van der Waals surface area contributed by atoms with Crippen LogP contribution >= 0.6 is 0 Å². The van der Waals surface area contributed by atoms with Gasteiger partial charge in [-0.2, -0.15) is 0 Å². The number of benzene rings is 1. The van der Waals surface area contributed by atoms with Crippen LogP contribution in [-0.4, -0.2) is 37.0 Å². The quantitative estimate of drug-likeness (QED) is 0.797. The SMILES string of the molecule is COC(=O)c1ccc(C(=O)N2CCCC2)c([C@H]2CC3CCC2C3)c1. The maximum absolute atomic E-state index is 13.0. The summed E-state index contributed by atoms with van der Waals surface area (Å²) in [6.07, 6.45) is 7.22. The molecular formula is C20H25NO3. The molecule has 1 aromatic rings. The predicted molar refractivity (Wildman–Crippen MR) is 91.1 cm³/mol. The van der Waals surface area contributed by atoms with E-state index in [1.807, 2.05) is 17.0 Å². The van der Waals surface area contributed by atoms with Gasteiger partial charge >= 0.3 is 5.97 Å². The molecule has 3 aliphatic rings. The number of rotatable bonds is 3. The van der Waals surface area contributed by atoms with Gasteiger partial charge in [-0.1, -0.05) is 6.42 Å². The molecule has 1 saturated heterocycles. The molecule has 0 radical (unpaired) electrons. The van der Waals surface area contributed by atoms with Crippen LogP contribution in [0.2, 0.25) is 0 Å². The summed E-state index contributed by atoms with van der Waals surface area (Å²) >= 11 is 0. The molecule has 2 aliphatic carbocycles. The third-order valence-corrected chi connectivity index (χ3v) is 6.23. The van der Waals surface area contributed by atoms with Crippen LogP contribution in [0.3, 0.4) is 0 Å². The Balaban J connectivity index is 1.71. The van der Waals surface area contributed by atoms with Crippen LogP contribution in [0.15, 0.2) is 18.2 Å². The highest BCUT2D eigenvalue weighted by Gasteiger charge is 2.42. The average molecular weight is 327 g/mol. The molecule has 128 valence electrons. The second-order valence-electron chi connectivity index (χ2n) is 7.57. The largest absolute Gasteiger partial charge is 0.465 e. The van der Waals surface area contributed by atoms with Crippen molar-refractivity contribution in [3.05, 3.63) is 34.9 Å². The fourth-order valence-electron chi connectivity index (χ4n) is 5.03. The summed E-state index contributed by atoms with van der Waals surface area (Å²) in [6, 6.07) is 5.53. The van der Waals surface area contributed by atoms with Gasteiger partial charge in [0.15, 0.2) is 0 Å². The Kier molecular flexibility index (Phi) is 4.07. The van der Waals surface area contributed by atoms with E-state index in [1.54, 1.807) is 6.07 Å². The number of ether oxygens (including phenoxy) is 1. The molecule has 1 heterocycles. The molecular weight excluding hydrogens is 302 g/mol. The molecule has 3 atom stereocenters. The number of hydrogen-bond donors (Lipinski definition) is 0. The first kappa shape index (κ1) is 15.7. The second-order valence-corrected chi connectivity index (χ2v) is 7.57. The molecule has 4 nitrogen and oxygen atoms in total. The van der Waals surface area contributed by atoms with Gasteiger partial charge in [-0.15, -0.1) is 0 Å². The van der Waals surface area contributed by atoms with Crippen molar-refractivity contribution in [1.82, 2.24) is 4.90 Å². The minimum atomic E-state index is -0.320. The summed E-state index contributed by atoms with van der Waals surface area (Å²) in [4.78, 5) is 26.9. The van der Waals surface area contributed by atoms with Crippen molar-refractivity contribution in [3.8, 4) is 0 Å². The first-order chi connectivity index (χ1) is 11.7. The van der Waals surface area contributed by atoms with Gasteiger partial charge in [0.2, 0.25) is 0 Å². The van der Waals surface area contributed by atoms with E-state index >= 15 is 0 Å². The number of esters is 1. The van der Waals surface area contributed by atoms with Crippen LogP contribution in [0.5, 0.6) is 0 Å². The summed E-state index contributed by atoms with van der Waals surface area (Å²) in [7, 11) is 1.41. The van der Waals surface area contributed by atoms with E-state index in [-0.39, 0.29) is 11.9 Å². The molecule has 4 rings (SSSR count). The second kappa shape index (κ2) is 6.23. The van der Waals surface area contributed by atoms with Crippen LogP contribution < -0.4 is 0 Å². The van der Waals surface area contributed by atoms with Crippen molar-refractivity contribution in [2.75, 3.05) is 20.2 Å². The van der Waals surface area contributed by atoms with Crippen LogP contribution in [-0.2, 0) is 4.74 Å². The van der Waals surface area contributed by atoms with Crippen LogP contribution in [0, 0.1) is 11.8 Å². The first-order valence-corrected chi connectivity index (χ1v) is 9.19. The molecule has 3 fully saturated rings. The normalized spacial score (nSPS) is 28.4. The Bertz CT molecular complexity index is 663. The molecule has 0 aromatic heterocycles. The van der Waals surface area contributed by atoms with Gasteiger partial charge in [0, 0.05) is 18.7 Å². The minimum Gasteiger partial charge on any atom is -0.465 e. The molecule has 2 unspecified atom stereocenters. The van der Waals surface area contributed by atoms with Gasteiger partial charge in [-0.25, -0.2) is 4.79 Å². The molecule has 2 saturated carbocycles. The van der Waals surface area contributed by atoms with Gasteiger partial charge < -0.3 is 9.64 Å². The third-order valence-electron chi connectivity index (χ3n) is 6.23. The van der Waals surface area contributed by atoms with Crippen molar-refractivity contribution in [1.29, 1.82) is 0 Å². The number of carbonyl (C=O) groups excluding carboxylic acids is 2. The third kappa shape index (κ3) is 2.62. The molecule has 4 heteroatoms. The van der Waals surface area contributed by atoms with E-state index in [4.69, 9.17) is 4.74 Å². The highest BCUT2D eigenvalue weighted by Crippen LogP contribution is 2.53. The van der Waals surface area contributed by atoms with E-state index in [2.05, 4.69) is 0 Å². The van der Waals surface area contributed by atoms with Gasteiger partial charge in [0.25, 0.3) is 5.91 Å². The van der Waals surface area contributed by atoms with Crippen LogP contribution in [0.25, 0.3) is 0 Å². The average Bonchev–Trinajstić information content (AvgIpc) is 3.37. The van der Waals surface area contributed by atoms with Crippen LogP contribution in [0.4, 0.5) is 0 Å². The summed E-state index contributed by atoms with van der Waals surface area (Å²) < 4.78 is 4.88. The van der Waals surface area contributed by atoms with Crippen molar-refractivity contribution in [2.24, 2.45) is 11.8 Å². The number of nitrogens with zero attached hydrogens (tertiary/aromatic N) is 1. The maximum atomic E-state index is 13.0. The molecule has 0 spiro atoms. The van der Waals surface area contributed by atoms with Crippen molar-refractivity contribution >= 4 is 11.9 Å². The zero-order valence-electron chi connectivity index (χ0n) is 14.3. The first-order valence-electron chi connectivity index (χ1n) is 9.19. The zero-order valence-corrected chi connectivity index (χ0v) is 14.3. The summed E-state index contributed by atoms with van der Waals surface area (Å²) in [5, 5.41) is 0. The number of fused-ring (bicyclic) bond motifs is 2. The molecule has 24 heavy (non-hydrogen) atoms. The van der Waals surface area contributed by atoms with Crippen LogP contribution in [0.1, 0.15) is 70.7 Å². The monoisotopic (exact) mass is 327 g/mol. The Hall–Kier alpha value is -1.84. The highest BCUT2D eigenvalue weighted by molar-refractivity contribution is 5.98. The smallest absolute Gasteiger partial charge is 0.337 e. The predicted octanol–water partition coefficient (Wildman–Crippen LogP) is 3.61. The van der Waals surface area contributed by atoms with Gasteiger partial charge in [0.1, 0.15) is 0 Å². The van der Waals surface area contributed by atoms with Crippen molar-refractivity contribution in [2.45, 2.75) is 44.4 Å². The fourth-order valence-corrected chi connectivity index (χ4v) is 5.03. The standard InChI is InChI=1S/C20H25NO3/c1-24-20(23)15-6-7-16(19(22)21-8-2-3-9-21)18(12-15)17-11-13-4-5-14(17)10-13/h6-7,12-14,17H,2-5,8-11H2,1H3/t13?,14?,17-/m0/s1. The Labute approximate surface area is 143 Å². The molecule has 0 N–H and O–H groups in total. The highest BCUT2D eigenvalue weighted by atomic mass is 16.5. The molecule has 1 aliphatic heterocycles. The van der Waals surface area contributed by atoms with Crippen molar-refractivity contribution < 1.29 is 14.3 Å². The van der Waals surface area contributed by atoms with E-state index < -0.39 is 0 Å². The lowest BCUT2D eigenvalue weighted by molar-refractivity contribution is 0.0599. The summed E-state index contributed by atoms with van der Waals surface area (Å²) in [6.45, 7) is 1.71. The van der Waals surface area contributed by atoms with E-state index in [0.717, 1.165) is 49.4 Å². The number of likely N-dealkylation sites (tertiary alicyclic amines) is 1. The van der Waals surface area contributed by atoms with Gasteiger partial charge in [-0.05, 0) is 73.6 Å². The lowest BCUT2D eigenvalue weighted by atomic mass is 9.80.